The van der Waals surface area contributed by atoms with Gasteiger partial charge in [0.25, 0.3) is 0 Å². The molecule has 2 aliphatic rings. The fourth-order valence-electron chi connectivity index (χ4n) is 3.61. The minimum Gasteiger partial charge on any atom is -0.316 e. The highest BCUT2D eigenvalue weighted by Crippen LogP contribution is 2.33. The number of nitrogens with one attached hydrogen (secondary N) is 2. The Morgan fingerprint density at radius 3 is 2.50 bits per heavy atom. The predicted octanol–water partition coefficient (Wildman–Crippen LogP) is 3.32. The Labute approximate surface area is 113 Å². The lowest BCUT2D eigenvalue weighted by Gasteiger charge is -2.42. The van der Waals surface area contributed by atoms with E-state index in [4.69, 9.17) is 0 Å². The first-order valence-corrected chi connectivity index (χ1v) is 7.98. The summed E-state index contributed by atoms with van der Waals surface area (Å²) in [5, 5.41) is 7.47. The van der Waals surface area contributed by atoms with Gasteiger partial charge in [-0.15, -0.1) is 0 Å². The van der Waals surface area contributed by atoms with E-state index in [-0.39, 0.29) is 0 Å². The Kier molecular flexibility index (Phi) is 4.71. The van der Waals surface area contributed by atoms with Crippen molar-refractivity contribution in [2.75, 3.05) is 19.6 Å². The molecule has 1 atom stereocenters. The Hall–Kier alpha value is -0.0800. The summed E-state index contributed by atoms with van der Waals surface area (Å²) in [6.07, 6.45) is 9.75. The van der Waals surface area contributed by atoms with Crippen molar-refractivity contribution in [3.63, 3.8) is 0 Å². The van der Waals surface area contributed by atoms with Crippen molar-refractivity contribution >= 4 is 0 Å². The van der Waals surface area contributed by atoms with Gasteiger partial charge >= 0.3 is 0 Å². The summed E-state index contributed by atoms with van der Waals surface area (Å²) >= 11 is 0. The minimum atomic E-state index is 0.414. The highest BCUT2D eigenvalue weighted by molar-refractivity contribution is 4.91. The van der Waals surface area contributed by atoms with Crippen LogP contribution in [-0.4, -0.2) is 25.2 Å². The van der Waals surface area contributed by atoms with E-state index in [1.807, 2.05) is 0 Å². The molecule has 18 heavy (non-hydrogen) atoms. The van der Waals surface area contributed by atoms with E-state index >= 15 is 0 Å². The highest BCUT2D eigenvalue weighted by atomic mass is 15.0. The standard InChI is InChI=1S/C16H32N2/c1-15(2,14-8-7-11-17-12-14)13-18-16(3)9-5-4-6-10-16/h14,17-18H,4-13H2,1-3H3. The Balaban J connectivity index is 1.83. The van der Waals surface area contributed by atoms with Gasteiger partial charge in [-0.3, -0.25) is 0 Å². The lowest BCUT2D eigenvalue weighted by atomic mass is 9.74. The average Bonchev–Trinajstić information content (AvgIpc) is 2.39. The molecule has 1 aliphatic carbocycles. The normalized spacial score (nSPS) is 29.2. The molecule has 0 bridgehead atoms. The van der Waals surface area contributed by atoms with Gasteiger partial charge in [-0.2, -0.15) is 0 Å². The van der Waals surface area contributed by atoms with Gasteiger partial charge in [0.05, 0.1) is 0 Å². The van der Waals surface area contributed by atoms with Crippen molar-refractivity contribution in [1.29, 1.82) is 0 Å². The van der Waals surface area contributed by atoms with Gasteiger partial charge in [0.1, 0.15) is 0 Å². The second-order valence-electron chi connectivity index (χ2n) is 7.51. The molecule has 1 saturated carbocycles. The van der Waals surface area contributed by atoms with Crippen LogP contribution in [0, 0.1) is 11.3 Å². The smallest absolute Gasteiger partial charge is 0.0153 e. The summed E-state index contributed by atoms with van der Waals surface area (Å²) in [5.41, 5.74) is 0.839. The molecule has 1 saturated heterocycles. The molecule has 0 aromatic carbocycles. The Morgan fingerprint density at radius 1 is 1.17 bits per heavy atom. The predicted molar refractivity (Wildman–Crippen MR) is 78.9 cm³/mol. The number of hydrogen-bond acceptors (Lipinski definition) is 2. The second kappa shape index (κ2) is 5.92. The quantitative estimate of drug-likeness (QED) is 0.802. The molecular formula is C16H32N2. The van der Waals surface area contributed by atoms with Crippen LogP contribution < -0.4 is 10.6 Å². The van der Waals surface area contributed by atoms with Crippen LogP contribution in [0.2, 0.25) is 0 Å². The van der Waals surface area contributed by atoms with Crippen molar-refractivity contribution in [1.82, 2.24) is 10.6 Å². The summed E-state index contributed by atoms with van der Waals surface area (Å²) in [7, 11) is 0. The fraction of sp³-hybridized carbons (Fsp3) is 1.00. The third kappa shape index (κ3) is 3.71. The van der Waals surface area contributed by atoms with Crippen molar-refractivity contribution in [3.8, 4) is 0 Å². The lowest BCUT2D eigenvalue weighted by Crippen LogP contribution is -2.51. The third-order valence-corrected chi connectivity index (χ3v) is 5.33. The molecule has 0 amide bonds. The Bertz CT molecular complexity index is 248. The van der Waals surface area contributed by atoms with Crippen LogP contribution in [-0.2, 0) is 0 Å². The van der Waals surface area contributed by atoms with Gasteiger partial charge in [-0.1, -0.05) is 33.1 Å². The molecule has 2 heteroatoms. The van der Waals surface area contributed by atoms with Gasteiger partial charge in [0.15, 0.2) is 0 Å². The molecule has 1 unspecified atom stereocenters. The maximum Gasteiger partial charge on any atom is 0.0153 e. The minimum absolute atomic E-state index is 0.414. The summed E-state index contributed by atoms with van der Waals surface area (Å²) in [4.78, 5) is 0. The van der Waals surface area contributed by atoms with Gasteiger partial charge in [-0.25, -0.2) is 0 Å². The van der Waals surface area contributed by atoms with Gasteiger partial charge in [0.2, 0.25) is 0 Å². The zero-order valence-electron chi connectivity index (χ0n) is 12.6. The van der Waals surface area contributed by atoms with E-state index in [0.29, 0.717) is 11.0 Å². The summed E-state index contributed by atoms with van der Waals surface area (Å²) in [6, 6.07) is 0. The van der Waals surface area contributed by atoms with Crippen LogP contribution in [0.25, 0.3) is 0 Å². The topological polar surface area (TPSA) is 24.1 Å². The molecule has 2 nitrogen and oxygen atoms in total. The van der Waals surface area contributed by atoms with E-state index in [1.54, 1.807) is 0 Å². The average molecular weight is 252 g/mol. The summed E-state index contributed by atoms with van der Waals surface area (Å²) < 4.78 is 0. The number of piperidine rings is 1. The van der Waals surface area contributed by atoms with E-state index in [2.05, 4.69) is 31.4 Å². The Morgan fingerprint density at radius 2 is 1.89 bits per heavy atom. The summed E-state index contributed by atoms with van der Waals surface area (Å²) in [5.74, 6) is 0.839. The van der Waals surface area contributed by atoms with Crippen LogP contribution in [0.4, 0.5) is 0 Å². The maximum absolute atomic E-state index is 3.91. The molecule has 0 aromatic rings. The SMILES string of the molecule is CC1(NCC(C)(C)C2CCCNC2)CCCCC1. The zero-order chi connectivity index (χ0) is 13.1. The molecule has 1 heterocycles. The second-order valence-corrected chi connectivity index (χ2v) is 7.51. The molecule has 106 valence electrons. The van der Waals surface area contributed by atoms with E-state index in [0.717, 1.165) is 5.92 Å². The molecule has 2 rings (SSSR count). The number of hydrogen-bond donors (Lipinski definition) is 2. The van der Waals surface area contributed by atoms with E-state index < -0.39 is 0 Å². The van der Waals surface area contributed by atoms with Gasteiger partial charge < -0.3 is 10.6 Å². The van der Waals surface area contributed by atoms with Crippen molar-refractivity contribution < 1.29 is 0 Å². The highest BCUT2D eigenvalue weighted by Gasteiger charge is 2.33. The molecule has 0 radical (unpaired) electrons. The van der Waals surface area contributed by atoms with Crippen LogP contribution in [0.1, 0.15) is 65.7 Å². The van der Waals surface area contributed by atoms with Gasteiger partial charge in [-0.05, 0) is 57.0 Å². The fourth-order valence-corrected chi connectivity index (χ4v) is 3.61. The van der Waals surface area contributed by atoms with E-state index in [9.17, 15) is 0 Å². The first-order valence-electron chi connectivity index (χ1n) is 7.98. The largest absolute Gasteiger partial charge is 0.316 e. The molecule has 2 fully saturated rings. The molecule has 2 N–H and O–H groups in total. The van der Waals surface area contributed by atoms with Crippen molar-refractivity contribution in [3.05, 3.63) is 0 Å². The van der Waals surface area contributed by atoms with Crippen LogP contribution >= 0.6 is 0 Å². The number of rotatable bonds is 4. The third-order valence-electron chi connectivity index (χ3n) is 5.33. The summed E-state index contributed by atoms with van der Waals surface area (Å²) in [6.45, 7) is 10.9. The van der Waals surface area contributed by atoms with Crippen molar-refractivity contribution in [2.24, 2.45) is 11.3 Å². The first kappa shape index (κ1) is 14.3. The molecule has 0 spiro atoms. The maximum atomic E-state index is 3.91. The van der Waals surface area contributed by atoms with Crippen LogP contribution in [0.5, 0.6) is 0 Å². The lowest BCUT2D eigenvalue weighted by molar-refractivity contribution is 0.137. The molecular weight excluding hydrogens is 220 g/mol. The molecule has 0 aromatic heterocycles. The van der Waals surface area contributed by atoms with Gasteiger partial charge in [0, 0.05) is 12.1 Å². The molecule has 1 aliphatic heterocycles. The first-order chi connectivity index (χ1) is 8.52. The van der Waals surface area contributed by atoms with E-state index in [1.165, 1.54) is 64.6 Å². The monoisotopic (exact) mass is 252 g/mol. The van der Waals surface area contributed by atoms with Crippen molar-refractivity contribution in [2.45, 2.75) is 71.3 Å². The van der Waals surface area contributed by atoms with Crippen LogP contribution in [0.3, 0.4) is 0 Å². The zero-order valence-corrected chi connectivity index (χ0v) is 12.6. The van der Waals surface area contributed by atoms with Crippen LogP contribution in [0.15, 0.2) is 0 Å².